The molecule has 0 bridgehead atoms. The number of hydrogen-bond donors (Lipinski definition) is 0. The van der Waals surface area contributed by atoms with Gasteiger partial charge in [0, 0.05) is 28.4 Å². The number of aryl methyl sites for hydroxylation is 2. The number of aromatic nitrogens is 3. The fraction of sp³-hybridized carbons (Fsp3) is 0.238. The van der Waals surface area contributed by atoms with E-state index in [0.29, 0.717) is 22.8 Å². The van der Waals surface area contributed by atoms with Gasteiger partial charge in [0.05, 0.1) is 17.0 Å². The quantitative estimate of drug-likeness (QED) is 0.309. The van der Waals surface area contributed by atoms with E-state index in [1.165, 1.54) is 11.3 Å². The molecule has 0 aromatic carbocycles. The second-order valence-electron chi connectivity index (χ2n) is 6.80. The Hall–Kier alpha value is -3.04. The number of ketones is 1. The van der Waals surface area contributed by atoms with Gasteiger partial charge in [-0.2, -0.15) is 0 Å². The van der Waals surface area contributed by atoms with Crippen molar-refractivity contribution in [3.63, 3.8) is 0 Å². The van der Waals surface area contributed by atoms with Gasteiger partial charge >= 0.3 is 5.97 Å². The van der Waals surface area contributed by atoms with Gasteiger partial charge in [-0.15, -0.1) is 22.7 Å². The summed E-state index contributed by atoms with van der Waals surface area (Å²) in [6, 6.07) is 7.51. The van der Waals surface area contributed by atoms with Gasteiger partial charge in [0.1, 0.15) is 10.8 Å². The normalized spacial score (nSPS) is 11.0. The molecule has 4 heterocycles. The lowest BCUT2D eigenvalue weighted by atomic mass is 10.1. The molecule has 0 spiro atoms. The number of thiophene rings is 1. The number of esters is 1. The Labute approximate surface area is 180 Å². The second kappa shape index (κ2) is 8.37. The van der Waals surface area contributed by atoms with E-state index in [4.69, 9.17) is 9.26 Å². The van der Waals surface area contributed by atoms with Gasteiger partial charge in [0.25, 0.3) is 0 Å². The molecule has 0 aliphatic rings. The molecule has 0 saturated heterocycles. The number of thiazole rings is 1. The van der Waals surface area contributed by atoms with Crippen molar-refractivity contribution in [2.45, 2.75) is 27.2 Å². The summed E-state index contributed by atoms with van der Waals surface area (Å²) in [5, 5.41) is 8.70. The van der Waals surface area contributed by atoms with Gasteiger partial charge in [-0.3, -0.25) is 14.2 Å². The van der Waals surface area contributed by atoms with Crippen molar-refractivity contribution in [3.05, 3.63) is 63.4 Å². The van der Waals surface area contributed by atoms with Crippen molar-refractivity contribution >= 4 is 34.4 Å². The van der Waals surface area contributed by atoms with Crippen LogP contribution < -0.4 is 0 Å². The van der Waals surface area contributed by atoms with E-state index in [1.807, 2.05) is 48.2 Å². The largest absolute Gasteiger partial charge is 0.457 e. The number of carbonyl (C=O) groups is 2. The van der Waals surface area contributed by atoms with Crippen LogP contribution in [0.4, 0.5) is 0 Å². The van der Waals surface area contributed by atoms with Crippen LogP contribution in [0.2, 0.25) is 0 Å². The summed E-state index contributed by atoms with van der Waals surface area (Å²) in [5.74, 6) is 0.556. The number of ether oxygens (including phenoxy) is 1. The minimum atomic E-state index is -0.479. The maximum Gasteiger partial charge on any atom is 0.312 e. The van der Waals surface area contributed by atoms with Gasteiger partial charge in [-0.1, -0.05) is 11.2 Å². The van der Waals surface area contributed by atoms with E-state index in [0.717, 1.165) is 21.3 Å². The first-order valence-electron chi connectivity index (χ1n) is 9.22. The molecule has 4 rings (SSSR count). The fourth-order valence-corrected chi connectivity index (χ4v) is 4.81. The zero-order valence-electron chi connectivity index (χ0n) is 16.7. The molecular formula is C21H19N3O4S2. The Morgan fingerprint density at radius 1 is 1.20 bits per heavy atom. The maximum atomic E-state index is 12.6. The van der Waals surface area contributed by atoms with E-state index in [2.05, 4.69) is 10.1 Å². The molecular weight excluding hydrogens is 422 g/mol. The zero-order chi connectivity index (χ0) is 21.3. The molecule has 0 atom stereocenters. The topological polar surface area (TPSA) is 87.2 Å². The number of nitrogens with zero attached hydrogens (tertiary/aromatic N) is 3. The summed E-state index contributed by atoms with van der Waals surface area (Å²) in [5.41, 5.74) is 2.70. The first kappa shape index (κ1) is 20.2. The molecule has 0 N–H and O–H groups in total. The predicted molar refractivity (Wildman–Crippen MR) is 114 cm³/mol. The summed E-state index contributed by atoms with van der Waals surface area (Å²) in [4.78, 5) is 30.4. The van der Waals surface area contributed by atoms with Crippen LogP contribution in [0.5, 0.6) is 0 Å². The number of rotatable bonds is 7. The highest BCUT2D eigenvalue weighted by molar-refractivity contribution is 7.20. The van der Waals surface area contributed by atoms with Crippen molar-refractivity contribution in [2.24, 2.45) is 0 Å². The van der Waals surface area contributed by atoms with Crippen LogP contribution >= 0.6 is 22.7 Å². The molecule has 7 nitrogen and oxygen atoms in total. The first-order valence-corrected chi connectivity index (χ1v) is 11.0. The van der Waals surface area contributed by atoms with Crippen molar-refractivity contribution in [1.82, 2.24) is 14.7 Å². The number of carbonyl (C=O) groups excluding carboxylic acids is 2. The third-order valence-corrected chi connectivity index (χ3v) is 6.48. The molecule has 30 heavy (non-hydrogen) atoms. The molecule has 0 unspecified atom stereocenters. The van der Waals surface area contributed by atoms with Gasteiger partial charge in [-0.05, 0) is 38.3 Å². The van der Waals surface area contributed by atoms with Gasteiger partial charge in [-0.25, -0.2) is 4.98 Å². The Balaban J connectivity index is 1.38. The van der Waals surface area contributed by atoms with E-state index < -0.39 is 5.97 Å². The van der Waals surface area contributed by atoms with Crippen LogP contribution in [0.3, 0.4) is 0 Å². The smallest absolute Gasteiger partial charge is 0.312 e. The second-order valence-corrected chi connectivity index (χ2v) is 8.60. The summed E-state index contributed by atoms with van der Waals surface area (Å²) in [6.45, 7) is 5.20. The molecule has 0 amide bonds. The molecule has 0 fully saturated rings. The Bertz CT molecular complexity index is 1200. The highest BCUT2D eigenvalue weighted by atomic mass is 32.1. The van der Waals surface area contributed by atoms with Crippen LogP contribution in [0, 0.1) is 20.8 Å². The molecule has 0 aliphatic heterocycles. The lowest BCUT2D eigenvalue weighted by Gasteiger charge is -2.06. The van der Waals surface area contributed by atoms with E-state index in [-0.39, 0.29) is 18.8 Å². The number of Topliss-reactive ketones (excluding diaryl/α,β-unsaturated/α-hetero) is 1. The van der Waals surface area contributed by atoms with Crippen LogP contribution in [0.1, 0.15) is 33.2 Å². The molecule has 0 aliphatic carbocycles. The van der Waals surface area contributed by atoms with Crippen LogP contribution in [-0.4, -0.2) is 33.1 Å². The SMILES string of the molecule is Cc1cc(-n2c(C)cc(C(=O)COC(=O)Cc3csc(-c4cccs4)n3)c2C)no1. The van der Waals surface area contributed by atoms with Gasteiger partial charge < -0.3 is 9.26 Å². The van der Waals surface area contributed by atoms with Gasteiger partial charge in [0.2, 0.25) is 5.78 Å². The third-order valence-electron chi connectivity index (χ3n) is 4.55. The molecule has 0 radical (unpaired) electrons. The monoisotopic (exact) mass is 441 g/mol. The van der Waals surface area contributed by atoms with E-state index in [1.54, 1.807) is 23.5 Å². The summed E-state index contributed by atoms with van der Waals surface area (Å²) in [6.07, 6.45) is 0.0341. The molecule has 4 aromatic rings. The van der Waals surface area contributed by atoms with E-state index >= 15 is 0 Å². The first-order chi connectivity index (χ1) is 14.4. The average molecular weight is 442 g/mol. The Morgan fingerprint density at radius 3 is 2.73 bits per heavy atom. The molecule has 4 aromatic heterocycles. The fourth-order valence-electron chi connectivity index (χ4n) is 3.18. The molecule has 9 heteroatoms. The standard InChI is InChI=1S/C21H19N3O4S2/c1-12-7-16(14(3)24(12)19-8-13(2)28-23-19)17(25)10-27-20(26)9-15-11-30-21(22-15)18-5-4-6-29-18/h4-8,11H,9-10H2,1-3H3. The van der Waals surface area contributed by atoms with E-state index in [9.17, 15) is 9.59 Å². The highest BCUT2D eigenvalue weighted by Crippen LogP contribution is 2.28. The Morgan fingerprint density at radius 2 is 2.03 bits per heavy atom. The third kappa shape index (κ3) is 4.12. The summed E-state index contributed by atoms with van der Waals surface area (Å²) in [7, 11) is 0. The predicted octanol–water partition coefficient (Wildman–Crippen LogP) is 4.54. The minimum Gasteiger partial charge on any atom is -0.457 e. The van der Waals surface area contributed by atoms with Crippen molar-refractivity contribution < 1.29 is 18.8 Å². The van der Waals surface area contributed by atoms with Crippen molar-refractivity contribution in [1.29, 1.82) is 0 Å². The van der Waals surface area contributed by atoms with Crippen LogP contribution in [-0.2, 0) is 16.0 Å². The van der Waals surface area contributed by atoms with Crippen molar-refractivity contribution in [2.75, 3.05) is 6.61 Å². The highest BCUT2D eigenvalue weighted by Gasteiger charge is 2.20. The Kier molecular flexibility index (Phi) is 5.65. The zero-order valence-corrected chi connectivity index (χ0v) is 18.3. The average Bonchev–Trinajstić information content (AvgIpc) is 3.48. The lowest BCUT2D eigenvalue weighted by molar-refractivity contribution is -0.141. The molecule has 154 valence electrons. The lowest BCUT2D eigenvalue weighted by Crippen LogP contribution is -2.16. The molecule has 0 saturated carbocycles. The summed E-state index contributed by atoms with van der Waals surface area (Å²) < 4.78 is 12.2. The van der Waals surface area contributed by atoms with Crippen LogP contribution in [0.25, 0.3) is 15.7 Å². The minimum absolute atomic E-state index is 0.0341. The van der Waals surface area contributed by atoms with Crippen molar-refractivity contribution in [3.8, 4) is 15.7 Å². The maximum absolute atomic E-state index is 12.6. The van der Waals surface area contributed by atoms with Gasteiger partial charge in [0.15, 0.2) is 12.4 Å². The van der Waals surface area contributed by atoms with Crippen LogP contribution in [0.15, 0.2) is 39.5 Å². The number of hydrogen-bond acceptors (Lipinski definition) is 8. The summed E-state index contributed by atoms with van der Waals surface area (Å²) >= 11 is 3.08.